The Labute approximate surface area is 114 Å². The molecule has 1 unspecified atom stereocenters. The molecular formula is C12H22ClN3S. The summed E-state index contributed by atoms with van der Waals surface area (Å²) in [6.45, 7) is 10.4. The average Bonchev–Trinajstić information content (AvgIpc) is 2.46. The minimum atomic E-state index is 0. The van der Waals surface area contributed by atoms with E-state index in [0.717, 1.165) is 12.5 Å². The molecule has 5 heteroatoms. The van der Waals surface area contributed by atoms with E-state index in [0.29, 0.717) is 10.5 Å². The van der Waals surface area contributed by atoms with Crippen molar-refractivity contribution in [2.45, 2.75) is 33.7 Å². The molecule has 0 aromatic carbocycles. The molecule has 2 N–H and O–H groups in total. The van der Waals surface area contributed by atoms with Gasteiger partial charge in [-0.3, -0.25) is 4.90 Å². The zero-order valence-corrected chi connectivity index (χ0v) is 12.4. The first-order valence-electron chi connectivity index (χ1n) is 5.87. The van der Waals surface area contributed by atoms with E-state index in [-0.39, 0.29) is 12.4 Å². The number of thiazole rings is 1. The molecule has 0 radical (unpaired) electrons. The van der Waals surface area contributed by atoms with Crippen molar-refractivity contribution >= 4 is 28.9 Å². The Morgan fingerprint density at radius 2 is 2.29 bits per heavy atom. The number of likely N-dealkylation sites (tertiary alicyclic amines) is 1. The highest BCUT2D eigenvalue weighted by Crippen LogP contribution is 2.33. The standard InChI is InChI=1S/C12H21N3S.ClH/c1-9-4-12(2,3)8-15(6-9)7-10-5-14-11(13)16-10;/h5,9H,4,6-8H2,1-3H3,(H2,13,14);1H. The van der Waals surface area contributed by atoms with E-state index in [2.05, 4.69) is 30.7 Å². The smallest absolute Gasteiger partial charge is 0.180 e. The van der Waals surface area contributed by atoms with Gasteiger partial charge in [0.2, 0.25) is 0 Å². The number of hydrogen-bond acceptors (Lipinski definition) is 4. The molecule has 3 nitrogen and oxygen atoms in total. The predicted octanol–water partition coefficient (Wildman–Crippen LogP) is 3.02. The summed E-state index contributed by atoms with van der Waals surface area (Å²) in [5.74, 6) is 0.786. The van der Waals surface area contributed by atoms with Crippen LogP contribution < -0.4 is 5.73 Å². The van der Waals surface area contributed by atoms with Crippen LogP contribution in [0.3, 0.4) is 0 Å². The molecular weight excluding hydrogens is 254 g/mol. The molecule has 0 amide bonds. The Morgan fingerprint density at radius 3 is 2.82 bits per heavy atom. The fraction of sp³-hybridized carbons (Fsp3) is 0.750. The van der Waals surface area contributed by atoms with Gasteiger partial charge in [0, 0.05) is 30.7 Å². The summed E-state index contributed by atoms with van der Waals surface area (Å²) < 4.78 is 0. The molecule has 2 rings (SSSR count). The van der Waals surface area contributed by atoms with Gasteiger partial charge in [-0.1, -0.05) is 20.8 Å². The van der Waals surface area contributed by atoms with Crippen LogP contribution >= 0.6 is 23.7 Å². The van der Waals surface area contributed by atoms with Crippen LogP contribution in [0.1, 0.15) is 32.1 Å². The van der Waals surface area contributed by atoms with Gasteiger partial charge < -0.3 is 5.73 Å². The summed E-state index contributed by atoms with van der Waals surface area (Å²) >= 11 is 1.61. The quantitative estimate of drug-likeness (QED) is 0.902. The van der Waals surface area contributed by atoms with Crippen LogP contribution in [-0.2, 0) is 6.54 Å². The molecule has 1 saturated heterocycles. The van der Waals surface area contributed by atoms with Gasteiger partial charge in [-0.2, -0.15) is 0 Å². The number of halogens is 1. The highest BCUT2D eigenvalue weighted by atomic mass is 35.5. The second kappa shape index (κ2) is 5.55. The van der Waals surface area contributed by atoms with Crippen LogP contribution in [0.2, 0.25) is 0 Å². The first kappa shape index (κ1) is 14.7. The Balaban J connectivity index is 0.00000144. The Hall–Kier alpha value is -0.320. The average molecular weight is 276 g/mol. The summed E-state index contributed by atoms with van der Waals surface area (Å²) in [6, 6.07) is 0. The lowest BCUT2D eigenvalue weighted by Crippen LogP contribution is -2.43. The van der Waals surface area contributed by atoms with Crippen molar-refractivity contribution in [2.75, 3.05) is 18.8 Å². The van der Waals surface area contributed by atoms with Gasteiger partial charge in [0.15, 0.2) is 5.13 Å². The van der Waals surface area contributed by atoms with Gasteiger partial charge in [-0.25, -0.2) is 4.98 Å². The van der Waals surface area contributed by atoms with Crippen molar-refractivity contribution in [3.8, 4) is 0 Å². The number of rotatable bonds is 2. The zero-order valence-electron chi connectivity index (χ0n) is 10.8. The Kier molecular flexibility index (Phi) is 4.81. The van der Waals surface area contributed by atoms with Gasteiger partial charge in [-0.05, 0) is 17.8 Å². The largest absolute Gasteiger partial charge is 0.375 e. The van der Waals surface area contributed by atoms with E-state index in [4.69, 9.17) is 5.73 Å². The number of nitrogens with two attached hydrogens (primary N) is 1. The van der Waals surface area contributed by atoms with Crippen molar-refractivity contribution < 1.29 is 0 Å². The van der Waals surface area contributed by atoms with Crippen LogP contribution in [0.25, 0.3) is 0 Å². The van der Waals surface area contributed by atoms with Crippen LogP contribution in [0, 0.1) is 11.3 Å². The Morgan fingerprint density at radius 1 is 1.59 bits per heavy atom. The van der Waals surface area contributed by atoms with E-state index in [1.165, 1.54) is 24.4 Å². The van der Waals surface area contributed by atoms with Crippen molar-refractivity contribution in [3.05, 3.63) is 11.1 Å². The zero-order chi connectivity index (χ0) is 11.8. The third kappa shape index (κ3) is 4.12. The molecule has 0 spiro atoms. The van der Waals surface area contributed by atoms with Gasteiger partial charge in [0.25, 0.3) is 0 Å². The van der Waals surface area contributed by atoms with Gasteiger partial charge in [-0.15, -0.1) is 23.7 Å². The van der Waals surface area contributed by atoms with E-state index >= 15 is 0 Å². The SMILES string of the molecule is CC1CN(Cc2cnc(N)s2)CC(C)(C)C1.Cl. The molecule has 1 aliphatic heterocycles. The maximum absolute atomic E-state index is 5.65. The van der Waals surface area contributed by atoms with Crippen molar-refractivity contribution in [1.82, 2.24) is 9.88 Å². The molecule has 1 fully saturated rings. The lowest BCUT2D eigenvalue weighted by molar-refractivity contribution is 0.0750. The Bertz CT molecular complexity index is 364. The fourth-order valence-electron chi connectivity index (χ4n) is 2.92. The van der Waals surface area contributed by atoms with E-state index in [1.54, 1.807) is 11.3 Å². The van der Waals surface area contributed by atoms with Crippen LogP contribution in [0.15, 0.2) is 6.20 Å². The second-order valence-electron chi connectivity index (χ2n) is 5.81. The molecule has 0 aliphatic carbocycles. The molecule has 1 atom stereocenters. The first-order valence-corrected chi connectivity index (χ1v) is 6.69. The van der Waals surface area contributed by atoms with E-state index in [9.17, 15) is 0 Å². The molecule has 0 bridgehead atoms. The normalized spacial score (nSPS) is 24.3. The number of aromatic nitrogens is 1. The predicted molar refractivity (Wildman–Crippen MR) is 76.6 cm³/mol. The highest BCUT2D eigenvalue weighted by molar-refractivity contribution is 7.15. The molecule has 0 saturated carbocycles. The van der Waals surface area contributed by atoms with Crippen molar-refractivity contribution in [2.24, 2.45) is 11.3 Å². The van der Waals surface area contributed by atoms with E-state index in [1.807, 2.05) is 6.20 Å². The summed E-state index contributed by atoms with van der Waals surface area (Å²) in [5.41, 5.74) is 6.09. The number of piperidine rings is 1. The van der Waals surface area contributed by atoms with Crippen LogP contribution in [0.5, 0.6) is 0 Å². The first-order chi connectivity index (χ1) is 7.44. The third-order valence-corrected chi connectivity index (χ3v) is 3.88. The minimum absolute atomic E-state index is 0. The summed E-state index contributed by atoms with van der Waals surface area (Å²) in [7, 11) is 0. The van der Waals surface area contributed by atoms with Crippen LogP contribution in [0.4, 0.5) is 5.13 Å². The van der Waals surface area contributed by atoms with Gasteiger partial charge in [0.05, 0.1) is 0 Å². The van der Waals surface area contributed by atoms with Gasteiger partial charge in [0.1, 0.15) is 0 Å². The van der Waals surface area contributed by atoms with Crippen molar-refractivity contribution in [3.63, 3.8) is 0 Å². The molecule has 98 valence electrons. The third-order valence-electron chi connectivity index (χ3n) is 3.07. The lowest BCUT2D eigenvalue weighted by Gasteiger charge is -2.41. The topological polar surface area (TPSA) is 42.2 Å². The second-order valence-corrected chi connectivity index (χ2v) is 6.95. The number of anilines is 1. The van der Waals surface area contributed by atoms with Crippen LogP contribution in [-0.4, -0.2) is 23.0 Å². The monoisotopic (exact) mass is 275 g/mol. The highest BCUT2D eigenvalue weighted by Gasteiger charge is 2.30. The number of hydrogen-bond donors (Lipinski definition) is 1. The van der Waals surface area contributed by atoms with Gasteiger partial charge >= 0.3 is 0 Å². The molecule has 1 aromatic heterocycles. The number of nitrogen functional groups attached to an aromatic ring is 1. The number of nitrogens with zero attached hydrogens (tertiary/aromatic N) is 2. The molecule has 17 heavy (non-hydrogen) atoms. The summed E-state index contributed by atoms with van der Waals surface area (Å²) in [6.07, 6.45) is 3.24. The molecule has 1 aliphatic rings. The maximum atomic E-state index is 5.65. The van der Waals surface area contributed by atoms with E-state index < -0.39 is 0 Å². The minimum Gasteiger partial charge on any atom is -0.375 e. The summed E-state index contributed by atoms with van der Waals surface area (Å²) in [4.78, 5) is 7.92. The van der Waals surface area contributed by atoms with Crippen molar-refractivity contribution in [1.29, 1.82) is 0 Å². The molecule has 2 heterocycles. The maximum Gasteiger partial charge on any atom is 0.180 e. The molecule has 1 aromatic rings. The fourth-order valence-corrected chi connectivity index (χ4v) is 3.65. The lowest BCUT2D eigenvalue weighted by atomic mass is 9.79. The summed E-state index contributed by atoms with van der Waals surface area (Å²) in [5, 5.41) is 0.680.